The summed E-state index contributed by atoms with van der Waals surface area (Å²) in [5.74, 6) is 1.42. The van der Waals surface area contributed by atoms with Crippen molar-refractivity contribution in [3.63, 3.8) is 0 Å². The van der Waals surface area contributed by atoms with Crippen LogP contribution in [-0.2, 0) is 4.79 Å². The first kappa shape index (κ1) is 22.3. The van der Waals surface area contributed by atoms with E-state index in [9.17, 15) is 4.79 Å². The number of anilines is 2. The van der Waals surface area contributed by atoms with E-state index in [1.807, 2.05) is 6.07 Å². The number of carbonyl (C=O) groups excluding carboxylic acids is 1. The van der Waals surface area contributed by atoms with Crippen LogP contribution in [0, 0.1) is 17.8 Å². The van der Waals surface area contributed by atoms with Crippen LogP contribution in [0.4, 0.5) is 11.4 Å². The molecule has 152 valence electrons. The van der Waals surface area contributed by atoms with Gasteiger partial charge in [-0.25, -0.2) is 0 Å². The summed E-state index contributed by atoms with van der Waals surface area (Å²) in [4.78, 5) is 15.4. The largest absolute Gasteiger partial charge is 0.370 e. The van der Waals surface area contributed by atoms with Gasteiger partial charge in [-0.2, -0.15) is 0 Å². The molecule has 0 spiro atoms. The maximum absolute atomic E-state index is 13.0. The lowest BCUT2D eigenvalue weighted by atomic mass is 9.65. The molecule has 0 aromatic heterocycles. The summed E-state index contributed by atoms with van der Waals surface area (Å²) >= 11 is 0. The Balaban J connectivity index is 0.00000131. The van der Waals surface area contributed by atoms with Gasteiger partial charge in [-0.1, -0.05) is 18.6 Å². The summed E-state index contributed by atoms with van der Waals surface area (Å²) in [5.41, 5.74) is 8.55. The van der Waals surface area contributed by atoms with E-state index < -0.39 is 0 Å². The Morgan fingerprint density at radius 2 is 1.59 bits per heavy atom. The van der Waals surface area contributed by atoms with Crippen LogP contribution in [0.5, 0.6) is 0 Å². The molecule has 3 N–H and O–H groups in total. The summed E-state index contributed by atoms with van der Waals surface area (Å²) < 4.78 is 0. The van der Waals surface area contributed by atoms with Crippen LogP contribution >= 0.6 is 24.8 Å². The molecular weight excluding hydrogens is 381 g/mol. The molecule has 3 fully saturated rings. The number of halogens is 2. The molecule has 4 nitrogen and oxygen atoms in total. The quantitative estimate of drug-likeness (QED) is 0.759. The minimum Gasteiger partial charge on any atom is -0.370 e. The Labute approximate surface area is 175 Å². The highest BCUT2D eigenvalue weighted by Gasteiger charge is 2.40. The zero-order valence-corrected chi connectivity index (χ0v) is 17.6. The van der Waals surface area contributed by atoms with Crippen molar-refractivity contribution in [2.45, 2.75) is 57.4 Å². The minimum absolute atomic E-state index is 0. The van der Waals surface area contributed by atoms with Crippen molar-refractivity contribution in [1.82, 2.24) is 0 Å². The average molecular weight is 414 g/mol. The summed E-state index contributed by atoms with van der Waals surface area (Å²) in [6.07, 6.45) is 9.42. The van der Waals surface area contributed by atoms with Gasteiger partial charge in [0.2, 0.25) is 5.91 Å². The maximum atomic E-state index is 13.0. The lowest BCUT2D eigenvalue weighted by molar-refractivity contribution is -0.122. The molecule has 1 amide bonds. The first-order valence-corrected chi connectivity index (χ1v) is 10.1. The molecule has 4 rings (SSSR count). The lowest BCUT2D eigenvalue weighted by Gasteiger charge is -2.43. The van der Waals surface area contributed by atoms with E-state index >= 15 is 0 Å². The van der Waals surface area contributed by atoms with E-state index in [1.165, 1.54) is 44.2 Å². The summed E-state index contributed by atoms with van der Waals surface area (Å²) in [6.45, 7) is 2.19. The van der Waals surface area contributed by atoms with Gasteiger partial charge in [0.15, 0.2) is 0 Å². The van der Waals surface area contributed by atoms with Gasteiger partial charge in [-0.05, 0) is 68.9 Å². The number of benzene rings is 1. The van der Waals surface area contributed by atoms with Crippen LogP contribution < -0.4 is 16.0 Å². The maximum Gasteiger partial charge on any atom is 0.227 e. The SMILES string of the molecule is Cl.Cl.NC1C2CCCC1CC(C(=O)Nc1ccccc1N1CCCCC1)C2. The first-order chi connectivity index (χ1) is 12.2. The third-order valence-electron chi connectivity index (χ3n) is 6.64. The zero-order valence-electron chi connectivity index (χ0n) is 15.9. The predicted molar refractivity (Wildman–Crippen MR) is 117 cm³/mol. The van der Waals surface area contributed by atoms with E-state index in [1.54, 1.807) is 0 Å². The highest BCUT2D eigenvalue weighted by molar-refractivity contribution is 5.96. The fraction of sp³-hybridized carbons (Fsp3) is 0.667. The van der Waals surface area contributed by atoms with Crippen molar-refractivity contribution in [3.8, 4) is 0 Å². The van der Waals surface area contributed by atoms with E-state index in [2.05, 4.69) is 28.4 Å². The predicted octanol–water partition coefficient (Wildman–Crippen LogP) is 4.61. The van der Waals surface area contributed by atoms with Crippen LogP contribution in [0.2, 0.25) is 0 Å². The molecule has 1 aromatic carbocycles. The Morgan fingerprint density at radius 1 is 0.963 bits per heavy atom. The number of nitrogens with zero attached hydrogens (tertiary/aromatic N) is 1. The van der Waals surface area contributed by atoms with Gasteiger partial charge in [-0.3, -0.25) is 4.79 Å². The smallest absolute Gasteiger partial charge is 0.227 e. The lowest BCUT2D eigenvalue weighted by Crippen LogP contribution is -2.48. The molecule has 1 saturated heterocycles. The van der Waals surface area contributed by atoms with Gasteiger partial charge in [-0.15, -0.1) is 24.8 Å². The van der Waals surface area contributed by atoms with Crippen molar-refractivity contribution in [1.29, 1.82) is 0 Å². The molecule has 2 unspecified atom stereocenters. The Bertz CT molecular complexity index is 607. The molecule has 1 aliphatic heterocycles. The molecule has 2 aliphatic carbocycles. The third kappa shape index (κ3) is 4.90. The molecule has 0 radical (unpaired) electrons. The molecular formula is C21H33Cl2N3O. The number of hydrogen-bond donors (Lipinski definition) is 2. The van der Waals surface area contributed by atoms with Crippen LogP contribution in [0.3, 0.4) is 0 Å². The van der Waals surface area contributed by atoms with Crippen LogP contribution in [0.25, 0.3) is 0 Å². The van der Waals surface area contributed by atoms with Gasteiger partial charge < -0.3 is 16.0 Å². The van der Waals surface area contributed by atoms with E-state index in [0.717, 1.165) is 31.6 Å². The molecule has 6 heteroatoms. The minimum atomic E-state index is 0. The van der Waals surface area contributed by atoms with Crippen LogP contribution in [-0.4, -0.2) is 25.0 Å². The number of rotatable bonds is 3. The molecule has 3 aliphatic rings. The Kier molecular flexibility index (Phi) is 8.26. The average Bonchev–Trinajstić information content (AvgIpc) is 2.62. The standard InChI is InChI=1S/C21H31N3O.2ClH/c22-20-15-7-6-8-16(20)14-17(13-15)21(25)23-18-9-2-3-10-19(18)24-11-4-1-5-12-24;;/h2-3,9-10,15-17,20H,1,4-8,11-14,22H2,(H,23,25);2*1H. The number of amides is 1. The van der Waals surface area contributed by atoms with Gasteiger partial charge in [0.25, 0.3) is 0 Å². The highest BCUT2D eigenvalue weighted by atomic mass is 35.5. The second-order valence-electron chi connectivity index (χ2n) is 8.25. The zero-order chi connectivity index (χ0) is 17.2. The first-order valence-electron chi connectivity index (χ1n) is 10.1. The number of fused-ring (bicyclic) bond motifs is 2. The van der Waals surface area contributed by atoms with E-state index in [4.69, 9.17) is 5.73 Å². The second-order valence-corrected chi connectivity index (χ2v) is 8.25. The van der Waals surface area contributed by atoms with E-state index in [0.29, 0.717) is 17.9 Å². The normalized spacial score (nSPS) is 29.9. The van der Waals surface area contributed by atoms with E-state index in [-0.39, 0.29) is 36.6 Å². The third-order valence-corrected chi connectivity index (χ3v) is 6.64. The Morgan fingerprint density at radius 3 is 2.26 bits per heavy atom. The molecule has 2 saturated carbocycles. The second kappa shape index (κ2) is 9.99. The summed E-state index contributed by atoms with van der Waals surface area (Å²) in [7, 11) is 0. The van der Waals surface area contributed by atoms with Crippen molar-refractivity contribution < 1.29 is 4.79 Å². The number of nitrogens with two attached hydrogens (primary N) is 1. The van der Waals surface area contributed by atoms with Gasteiger partial charge in [0, 0.05) is 25.0 Å². The number of carbonyl (C=O) groups is 1. The number of piperidine rings is 1. The summed E-state index contributed by atoms with van der Waals surface area (Å²) in [5, 5.41) is 3.26. The monoisotopic (exact) mass is 413 g/mol. The topological polar surface area (TPSA) is 58.4 Å². The molecule has 1 aromatic rings. The van der Waals surface area contributed by atoms with Crippen molar-refractivity contribution in [2.75, 3.05) is 23.3 Å². The van der Waals surface area contributed by atoms with Crippen molar-refractivity contribution >= 4 is 42.1 Å². The molecule has 2 atom stereocenters. The fourth-order valence-electron chi connectivity index (χ4n) is 5.23. The number of nitrogens with one attached hydrogen (secondary N) is 1. The molecule has 2 bridgehead atoms. The van der Waals surface area contributed by atoms with Gasteiger partial charge in [0.05, 0.1) is 11.4 Å². The fourth-order valence-corrected chi connectivity index (χ4v) is 5.23. The van der Waals surface area contributed by atoms with Crippen molar-refractivity contribution in [2.24, 2.45) is 23.5 Å². The highest BCUT2D eigenvalue weighted by Crippen LogP contribution is 2.42. The summed E-state index contributed by atoms with van der Waals surface area (Å²) in [6, 6.07) is 8.61. The number of para-hydroxylation sites is 2. The van der Waals surface area contributed by atoms with Crippen LogP contribution in [0.1, 0.15) is 51.4 Å². The van der Waals surface area contributed by atoms with Crippen LogP contribution in [0.15, 0.2) is 24.3 Å². The van der Waals surface area contributed by atoms with Gasteiger partial charge >= 0.3 is 0 Å². The van der Waals surface area contributed by atoms with Gasteiger partial charge in [0.1, 0.15) is 0 Å². The number of hydrogen-bond acceptors (Lipinski definition) is 3. The van der Waals surface area contributed by atoms with Crippen molar-refractivity contribution in [3.05, 3.63) is 24.3 Å². The molecule has 27 heavy (non-hydrogen) atoms. The Hall–Kier alpha value is -0.970. The molecule has 1 heterocycles.